The van der Waals surface area contributed by atoms with Gasteiger partial charge in [0.25, 0.3) is 5.91 Å². The van der Waals surface area contributed by atoms with Crippen molar-refractivity contribution in [3.05, 3.63) is 52.1 Å². The number of aryl methyl sites for hydroxylation is 2. The molecule has 112 valence electrons. The molecule has 1 aromatic heterocycles. The molecule has 4 nitrogen and oxygen atoms in total. The lowest BCUT2D eigenvalue weighted by molar-refractivity contribution is 0.0948. The summed E-state index contributed by atoms with van der Waals surface area (Å²) < 4.78 is 39.3. The van der Waals surface area contributed by atoms with Crippen molar-refractivity contribution >= 4 is 5.91 Å². The molecular formula is C14H14F3N3O. The van der Waals surface area contributed by atoms with E-state index in [4.69, 9.17) is 0 Å². The predicted octanol–water partition coefficient (Wildman–Crippen LogP) is 2.42. The van der Waals surface area contributed by atoms with Crippen LogP contribution in [0.25, 0.3) is 0 Å². The molecule has 1 heterocycles. The maximum Gasteiger partial charge on any atom is 0.254 e. The van der Waals surface area contributed by atoms with Crippen LogP contribution in [-0.4, -0.2) is 22.6 Å². The van der Waals surface area contributed by atoms with E-state index < -0.39 is 28.9 Å². The van der Waals surface area contributed by atoms with Gasteiger partial charge in [0.15, 0.2) is 17.5 Å². The van der Waals surface area contributed by atoms with Crippen LogP contribution < -0.4 is 5.32 Å². The molecule has 0 aliphatic heterocycles. The van der Waals surface area contributed by atoms with E-state index in [2.05, 4.69) is 15.5 Å². The average molecular weight is 297 g/mol. The summed E-state index contributed by atoms with van der Waals surface area (Å²) in [6, 6.07) is 1.63. The van der Waals surface area contributed by atoms with Gasteiger partial charge in [0.1, 0.15) is 0 Å². The quantitative estimate of drug-likeness (QED) is 0.852. The van der Waals surface area contributed by atoms with Crippen LogP contribution in [0.2, 0.25) is 0 Å². The SMILES string of the molecule is Cc1n[nH]c(C)c1CCNC(=O)c1ccc(F)c(F)c1F. The van der Waals surface area contributed by atoms with Crippen LogP contribution in [0, 0.1) is 31.3 Å². The van der Waals surface area contributed by atoms with E-state index >= 15 is 0 Å². The van der Waals surface area contributed by atoms with Crippen LogP contribution in [-0.2, 0) is 6.42 Å². The van der Waals surface area contributed by atoms with Crippen molar-refractivity contribution in [2.45, 2.75) is 20.3 Å². The molecule has 7 heteroatoms. The average Bonchev–Trinajstić information content (AvgIpc) is 2.76. The topological polar surface area (TPSA) is 57.8 Å². The van der Waals surface area contributed by atoms with Gasteiger partial charge in [-0.2, -0.15) is 5.10 Å². The zero-order valence-corrected chi connectivity index (χ0v) is 11.6. The molecule has 0 spiro atoms. The van der Waals surface area contributed by atoms with E-state index in [0.717, 1.165) is 29.1 Å². The first-order chi connectivity index (χ1) is 9.91. The Morgan fingerprint density at radius 2 is 1.95 bits per heavy atom. The van der Waals surface area contributed by atoms with Crippen LogP contribution in [0.15, 0.2) is 12.1 Å². The molecule has 0 saturated heterocycles. The van der Waals surface area contributed by atoms with E-state index in [-0.39, 0.29) is 6.54 Å². The highest BCUT2D eigenvalue weighted by Gasteiger charge is 2.18. The lowest BCUT2D eigenvalue weighted by Crippen LogP contribution is -2.27. The van der Waals surface area contributed by atoms with Gasteiger partial charge in [-0.15, -0.1) is 0 Å². The van der Waals surface area contributed by atoms with Crippen LogP contribution in [0.3, 0.4) is 0 Å². The molecule has 2 rings (SSSR count). The Morgan fingerprint density at radius 3 is 2.57 bits per heavy atom. The van der Waals surface area contributed by atoms with Gasteiger partial charge < -0.3 is 5.32 Å². The summed E-state index contributed by atoms with van der Waals surface area (Å²) in [4.78, 5) is 11.8. The Hall–Kier alpha value is -2.31. The molecule has 0 saturated carbocycles. The predicted molar refractivity (Wildman–Crippen MR) is 70.4 cm³/mol. The molecule has 0 aliphatic carbocycles. The number of nitrogens with one attached hydrogen (secondary N) is 2. The summed E-state index contributed by atoms with van der Waals surface area (Å²) >= 11 is 0. The van der Waals surface area contributed by atoms with Crippen LogP contribution in [0.4, 0.5) is 13.2 Å². The fourth-order valence-corrected chi connectivity index (χ4v) is 2.04. The van der Waals surface area contributed by atoms with Gasteiger partial charge in [0.2, 0.25) is 0 Å². The van der Waals surface area contributed by atoms with E-state index in [1.165, 1.54) is 0 Å². The van der Waals surface area contributed by atoms with Crippen molar-refractivity contribution in [3.63, 3.8) is 0 Å². The number of nitrogens with zero attached hydrogens (tertiary/aromatic N) is 1. The van der Waals surface area contributed by atoms with Crippen LogP contribution >= 0.6 is 0 Å². The number of benzene rings is 1. The summed E-state index contributed by atoms with van der Waals surface area (Å²) in [6.07, 6.45) is 0.505. The minimum Gasteiger partial charge on any atom is -0.352 e. The minimum absolute atomic E-state index is 0.235. The fraction of sp³-hybridized carbons (Fsp3) is 0.286. The second-order valence-electron chi connectivity index (χ2n) is 4.64. The van der Waals surface area contributed by atoms with Crippen LogP contribution in [0.1, 0.15) is 27.3 Å². The number of aromatic nitrogens is 2. The minimum atomic E-state index is -1.65. The molecule has 0 radical (unpaired) electrons. The lowest BCUT2D eigenvalue weighted by atomic mass is 10.1. The molecule has 1 aromatic carbocycles. The zero-order valence-electron chi connectivity index (χ0n) is 11.6. The van der Waals surface area contributed by atoms with Crippen LogP contribution in [0.5, 0.6) is 0 Å². The molecule has 1 amide bonds. The maximum atomic E-state index is 13.5. The van der Waals surface area contributed by atoms with Gasteiger partial charge in [-0.25, -0.2) is 13.2 Å². The van der Waals surface area contributed by atoms with Crippen molar-refractivity contribution < 1.29 is 18.0 Å². The third kappa shape index (κ3) is 3.07. The lowest BCUT2D eigenvalue weighted by Gasteiger charge is -2.07. The smallest absolute Gasteiger partial charge is 0.254 e. The highest BCUT2D eigenvalue weighted by molar-refractivity contribution is 5.94. The molecule has 0 fully saturated rings. The third-order valence-electron chi connectivity index (χ3n) is 3.22. The van der Waals surface area contributed by atoms with E-state index in [1.807, 2.05) is 13.8 Å². The molecular weight excluding hydrogens is 283 g/mol. The van der Waals surface area contributed by atoms with Gasteiger partial charge in [-0.3, -0.25) is 9.89 Å². The Kier molecular flexibility index (Phi) is 4.30. The number of halogens is 3. The van der Waals surface area contributed by atoms with Gasteiger partial charge >= 0.3 is 0 Å². The number of rotatable bonds is 4. The summed E-state index contributed by atoms with van der Waals surface area (Å²) in [7, 11) is 0. The molecule has 0 unspecified atom stereocenters. The van der Waals surface area contributed by atoms with Crippen molar-refractivity contribution in [2.24, 2.45) is 0 Å². The Morgan fingerprint density at radius 1 is 1.24 bits per heavy atom. The number of carbonyl (C=O) groups excluding carboxylic acids is 1. The summed E-state index contributed by atoms with van der Waals surface area (Å²) in [5.74, 6) is -5.24. The highest BCUT2D eigenvalue weighted by Crippen LogP contribution is 2.15. The Balaban J connectivity index is 2.01. The van der Waals surface area contributed by atoms with E-state index in [0.29, 0.717) is 6.42 Å². The first-order valence-electron chi connectivity index (χ1n) is 6.34. The number of hydrogen-bond acceptors (Lipinski definition) is 2. The highest BCUT2D eigenvalue weighted by atomic mass is 19.2. The number of carbonyl (C=O) groups is 1. The maximum absolute atomic E-state index is 13.5. The Bertz CT molecular complexity index is 663. The molecule has 0 bridgehead atoms. The number of H-pyrrole nitrogens is 1. The summed E-state index contributed by atoms with van der Waals surface area (Å²) in [5.41, 5.74) is 2.15. The molecule has 0 atom stereocenters. The monoisotopic (exact) mass is 297 g/mol. The van der Waals surface area contributed by atoms with E-state index in [1.54, 1.807) is 0 Å². The first kappa shape index (κ1) is 15.1. The van der Waals surface area contributed by atoms with Crippen molar-refractivity contribution in [3.8, 4) is 0 Å². The van der Waals surface area contributed by atoms with Gasteiger partial charge in [0, 0.05) is 12.2 Å². The van der Waals surface area contributed by atoms with Gasteiger partial charge in [0.05, 0.1) is 11.3 Å². The van der Waals surface area contributed by atoms with Gasteiger partial charge in [-0.1, -0.05) is 0 Å². The molecule has 0 aliphatic rings. The molecule has 21 heavy (non-hydrogen) atoms. The number of hydrogen-bond donors (Lipinski definition) is 2. The Labute approximate surface area is 119 Å². The standard InChI is InChI=1S/C14H14F3N3O/c1-7-9(8(2)20-19-7)5-6-18-14(21)10-3-4-11(15)13(17)12(10)16/h3-4H,5-6H2,1-2H3,(H,18,21)(H,19,20). The third-order valence-corrected chi connectivity index (χ3v) is 3.22. The van der Waals surface area contributed by atoms with Crippen molar-refractivity contribution in [1.82, 2.24) is 15.5 Å². The van der Waals surface area contributed by atoms with Gasteiger partial charge in [-0.05, 0) is 38.0 Å². The van der Waals surface area contributed by atoms with Crippen molar-refractivity contribution in [1.29, 1.82) is 0 Å². The summed E-state index contributed by atoms with van der Waals surface area (Å²) in [6.45, 7) is 3.92. The second kappa shape index (κ2) is 5.99. The zero-order chi connectivity index (χ0) is 15.6. The summed E-state index contributed by atoms with van der Waals surface area (Å²) in [5, 5.41) is 9.30. The molecule has 2 aromatic rings. The van der Waals surface area contributed by atoms with E-state index in [9.17, 15) is 18.0 Å². The number of amides is 1. The second-order valence-corrected chi connectivity index (χ2v) is 4.64. The fourth-order valence-electron chi connectivity index (χ4n) is 2.04. The molecule has 2 N–H and O–H groups in total. The van der Waals surface area contributed by atoms with Crippen molar-refractivity contribution in [2.75, 3.05) is 6.54 Å². The number of aromatic amines is 1. The largest absolute Gasteiger partial charge is 0.352 e. The first-order valence-corrected chi connectivity index (χ1v) is 6.34. The normalized spacial score (nSPS) is 10.7.